The molecule has 1 N–H and O–H groups in total. The molecule has 3 aromatic rings. The first kappa shape index (κ1) is 14.8. The van der Waals surface area contributed by atoms with Crippen molar-refractivity contribution in [2.75, 3.05) is 7.11 Å². The summed E-state index contributed by atoms with van der Waals surface area (Å²) in [6.45, 7) is 0.285. The maximum absolute atomic E-state index is 12.2. The number of rotatable bonds is 5. The van der Waals surface area contributed by atoms with Gasteiger partial charge in [-0.25, -0.2) is 0 Å². The molecule has 2 aromatic carbocycles. The van der Waals surface area contributed by atoms with E-state index in [4.69, 9.17) is 9.26 Å². The van der Waals surface area contributed by atoms with Gasteiger partial charge < -0.3 is 14.6 Å². The Morgan fingerprint density at radius 3 is 2.65 bits per heavy atom. The van der Waals surface area contributed by atoms with Crippen LogP contribution in [0, 0.1) is 0 Å². The molecule has 0 fully saturated rings. The predicted octanol–water partition coefficient (Wildman–Crippen LogP) is 3.28. The molecule has 0 saturated carbocycles. The van der Waals surface area contributed by atoms with Crippen LogP contribution in [-0.2, 0) is 6.54 Å². The van der Waals surface area contributed by atoms with Crippen LogP contribution in [0.15, 0.2) is 65.2 Å². The second-order valence-electron chi connectivity index (χ2n) is 4.93. The van der Waals surface area contributed by atoms with E-state index in [1.807, 2.05) is 42.5 Å². The third kappa shape index (κ3) is 3.40. The Morgan fingerprint density at radius 1 is 1.13 bits per heavy atom. The lowest BCUT2D eigenvalue weighted by molar-refractivity contribution is 0.0947. The van der Waals surface area contributed by atoms with Gasteiger partial charge in [0.1, 0.15) is 11.4 Å². The number of methoxy groups -OCH3 is 1. The predicted molar refractivity (Wildman–Crippen MR) is 86.1 cm³/mol. The molecule has 5 nitrogen and oxygen atoms in total. The molecular weight excluding hydrogens is 292 g/mol. The van der Waals surface area contributed by atoms with E-state index in [0.717, 1.165) is 5.56 Å². The molecule has 0 aliphatic rings. The Hall–Kier alpha value is -3.08. The Labute approximate surface area is 133 Å². The largest absolute Gasteiger partial charge is 0.496 e. The highest BCUT2D eigenvalue weighted by atomic mass is 16.5. The molecule has 0 radical (unpaired) electrons. The van der Waals surface area contributed by atoms with Gasteiger partial charge in [0.25, 0.3) is 5.91 Å². The minimum Gasteiger partial charge on any atom is -0.496 e. The summed E-state index contributed by atoms with van der Waals surface area (Å²) in [6.07, 6.45) is 0. The minimum absolute atomic E-state index is 0.216. The van der Waals surface area contributed by atoms with Crippen LogP contribution < -0.4 is 10.1 Å². The molecule has 23 heavy (non-hydrogen) atoms. The van der Waals surface area contributed by atoms with E-state index in [1.165, 1.54) is 7.11 Å². The molecule has 3 rings (SSSR count). The van der Waals surface area contributed by atoms with Crippen LogP contribution >= 0.6 is 0 Å². The number of aromatic nitrogens is 1. The Kier molecular flexibility index (Phi) is 4.38. The first-order valence-electron chi connectivity index (χ1n) is 7.20. The second kappa shape index (κ2) is 6.79. The van der Waals surface area contributed by atoms with Crippen LogP contribution in [0.4, 0.5) is 0 Å². The van der Waals surface area contributed by atoms with Crippen molar-refractivity contribution in [3.8, 4) is 17.1 Å². The summed E-state index contributed by atoms with van der Waals surface area (Å²) >= 11 is 0. The SMILES string of the molecule is COc1ccccc1C(=O)NCc1cc(-c2ccccc2)on1. The molecule has 0 atom stereocenters. The molecule has 0 unspecified atom stereocenters. The summed E-state index contributed by atoms with van der Waals surface area (Å²) in [5, 5.41) is 6.79. The van der Waals surface area contributed by atoms with E-state index >= 15 is 0 Å². The number of hydrogen-bond donors (Lipinski definition) is 1. The highest BCUT2D eigenvalue weighted by molar-refractivity contribution is 5.96. The van der Waals surface area contributed by atoms with E-state index in [-0.39, 0.29) is 12.5 Å². The van der Waals surface area contributed by atoms with Crippen molar-refractivity contribution in [3.63, 3.8) is 0 Å². The molecule has 0 aliphatic heterocycles. The van der Waals surface area contributed by atoms with Crippen molar-refractivity contribution in [2.24, 2.45) is 0 Å². The standard InChI is InChI=1S/C18H16N2O3/c1-22-16-10-6-5-9-15(16)18(21)19-12-14-11-17(23-20-14)13-7-3-2-4-8-13/h2-11H,12H2,1H3,(H,19,21). The van der Waals surface area contributed by atoms with Crippen LogP contribution in [-0.4, -0.2) is 18.2 Å². The van der Waals surface area contributed by atoms with Gasteiger partial charge in [0.2, 0.25) is 0 Å². The topological polar surface area (TPSA) is 64.4 Å². The van der Waals surface area contributed by atoms with E-state index in [1.54, 1.807) is 18.2 Å². The van der Waals surface area contributed by atoms with Gasteiger partial charge in [-0.1, -0.05) is 47.6 Å². The summed E-state index contributed by atoms with van der Waals surface area (Å²) in [5.41, 5.74) is 2.09. The Bertz CT molecular complexity index is 797. The van der Waals surface area contributed by atoms with Gasteiger partial charge in [-0.3, -0.25) is 4.79 Å². The quantitative estimate of drug-likeness (QED) is 0.785. The van der Waals surface area contributed by atoms with E-state index in [0.29, 0.717) is 22.8 Å². The zero-order valence-electron chi connectivity index (χ0n) is 12.7. The molecule has 0 aliphatic carbocycles. The summed E-state index contributed by atoms with van der Waals surface area (Å²) in [7, 11) is 1.54. The molecule has 1 aromatic heterocycles. The molecular formula is C18H16N2O3. The molecule has 5 heteroatoms. The monoisotopic (exact) mass is 308 g/mol. The first-order chi connectivity index (χ1) is 11.3. The maximum Gasteiger partial charge on any atom is 0.255 e. The minimum atomic E-state index is -0.216. The Morgan fingerprint density at radius 2 is 1.87 bits per heavy atom. The summed E-state index contributed by atoms with van der Waals surface area (Å²) < 4.78 is 10.5. The lowest BCUT2D eigenvalue weighted by Crippen LogP contribution is -2.23. The zero-order chi connectivity index (χ0) is 16.1. The lowest BCUT2D eigenvalue weighted by Gasteiger charge is -2.07. The highest BCUT2D eigenvalue weighted by Crippen LogP contribution is 2.20. The van der Waals surface area contributed by atoms with E-state index < -0.39 is 0 Å². The summed E-state index contributed by atoms with van der Waals surface area (Å²) in [6, 6.07) is 18.6. The third-order valence-electron chi connectivity index (χ3n) is 3.40. The van der Waals surface area contributed by atoms with Gasteiger partial charge in [-0.15, -0.1) is 0 Å². The highest BCUT2D eigenvalue weighted by Gasteiger charge is 2.12. The van der Waals surface area contributed by atoms with Crippen LogP contribution in [0.1, 0.15) is 16.1 Å². The number of carbonyl (C=O) groups is 1. The van der Waals surface area contributed by atoms with E-state index in [2.05, 4.69) is 10.5 Å². The van der Waals surface area contributed by atoms with Crippen molar-refractivity contribution in [3.05, 3.63) is 71.9 Å². The van der Waals surface area contributed by atoms with Crippen LogP contribution in [0.25, 0.3) is 11.3 Å². The number of ether oxygens (including phenoxy) is 1. The van der Waals surface area contributed by atoms with Gasteiger partial charge in [0.15, 0.2) is 5.76 Å². The molecule has 1 heterocycles. The van der Waals surface area contributed by atoms with Gasteiger partial charge >= 0.3 is 0 Å². The number of nitrogens with one attached hydrogen (secondary N) is 1. The fourth-order valence-corrected chi connectivity index (χ4v) is 2.23. The number of hydrogen-bond acceptors (Lipinski definition) is 4. The average Bonchev–Trinajstić information content (AvgIpc) is 3.09. The van der Waals surface area contributed by atoms with Gasteiger partial charge in [-0.05, 0) is 12.1 Å². The van der Waals surface area contributed by atoms with E-state index in [9.17, 15) is 4.79 Å². The molecule has 116 valence electrons. The smallest absolute Gasteiger partial charge is 0.255 e. The molecule has 0 saturated heterocycles. The number of amides is 1. The lowest BCUT2D eigenvalue weighted by atomic mass is 10.1. The number of para-hydroxylation sites is 1. The van der Waals surface area contributed by atoms with Crippen molar-refractivity contribution in [1.82, 2.24) is 10.5 Å². The van der Waals surface area contributed by atoms with Crippen molar-refractivity contribution in [2.45, 2.75) is 6.54 Å². The summed E-state index contributed by atoms with van der Waals surface area (Å²) in [5.74, 6) is 0.994. The second-order valence-corrected chi connectivity index (χ2v) is 4.93. The fraction of sp³-hybridized carbons (Fsp3) is 0.111. The molecule has 0 spiro atoms. The van der Waals surface area contributed by atoms with Crippen LogP contribution in [0.5, 0.6) is 5.75 Å². The van der Waals surface area contributed by atoms with Gasteiger partial charge in [0.05, 0.1) is 19.2 Å². The van der Waals surface area contributed by atoms with Crippen molar-refractivity contribution >= 4 is 5.91 Å². The number of benzene rings is 2. The average molecular weight is 308 g/mol. The summed E-state index contributed by atoms with van der Waals surface area (Å²) in [4.78, 5) is 12.2. The third-order valence-corrected chi connectivity index (χ3v) is 3.40. The zero-order valence-corrected chi connectivity index (χ0v) is 12.7. The first-order valence-corrected chi connectivity index (χ1v) is 7.20. The molecule has 1 amide bonds. The normalized spacial score (nSPS) is 10.3. The number of carbonyl (C=O) groups excluding carboxylic acids is 1. The van der Waals surface area contributed by atoms with Crippen LogP contribution in [0.2, 0.25) is 0 Å². The Balaban J connectivity index is 1.67. The maximum atomic E-state index is 12.2. The van der Waals surface area contributed by atoms with Crippen molar-refractivity contribution < 1.29 is 14.1 Å². The van der Waals surface area contributed by atoms with Gasteiger partial charge in [-0.2, -0.15) is 0 Å². The van der Waals surface area contributed by atoms with Gasteiger partial charge in [0, 0.05) is 11.6 Å². The fourth-order valence-electron chi connectivity index (χ4n) is 2.23. The van der Waals surface area contributed by atoms with Crippen molar-refractivity contribution in [1.29, 1.82) is 0 Å². The van der Waals surface area contributed by atoms with Crippen LogP contribution in [0.3, 0.4) is 0 Å². The number of nitrogens with zero attached hydrogens (tertiary/aromatic N) is 1. The molecule has 0 bridgehead atoms.